The van der Waals surface area contributed by atoms with Gasteiger partial charge in [0.2, 0.25) is 0 Å². The second kappa shape index (κ2) is 5.67. The molecule has 1 saturated heterocycles. The molecular weight excluding hydrogens is 240 g/mol. The van der Waals surface area contributed by atoms with Crippen LogP contribution in [0.15, 0.2) is 12.1 Å². The molecule has 1 atom stereocenters. The van der Waals surface area contributed by atoms with Gasteiger partial charge in [-0.1, -0.05) is 18.5 Å². The van der Waals surface area contributed by atoms with Gasteiger partial charge in [-0.25, -0.2) is 4.98 Å². The number of morpholine rings is 1. The first-order valence-corrected chi connectivity index (χ1v) is 6.25. The molecule has 0 radical (unpaired) electrons. The van der Waals surface area contributed by atoms with Gasteiger partial charge in [-0.15, -0.1) is 0 Å². The molecule has 4 nitrogen and oxygen atoms in total. The summed E-state index contributed by atoms with van der Waals surface area (Å²) in [4.78, 5) is 6.55. The number of aliphatic hydroxyl groups excluding tert-OH is 1. The lowest BCUT2D eigenvalue weighted by atomic mass is 10.2. The summed E-state index contributed by atoms with van der Waals surface area (Å²) >= 11 is 5.93. The zero-order chi connectivity index (χ0) is 12.3. The van der Waals surface area contributed by atoms with E-state index in [-0.39, 0.29) is 12.7 Å². The minimum atomic E-state index is -0.131. The van der Waals surface area contributed by atoms with Crippen LogP contribution in [0.25, 0.3) is 0 Å². The monoisotopic (exact) mass is 256 g/mol. The second-order valence-corrected chi connectivity index (χ2v) is 4.51. The minimum Gasteiger partial charge on any atom is -0.390 e. The fourth-order valence-electron chi connectivity index (χ4n) is 1.93. The summed E-state index contributed by atoms with van der Waals surface area (Å²) in [6, 6.07) is 3.67. The highest BCUT2D eigenvalue weighted by Gasteiger charge is 2.20. The Morgan fingerprint density at radius 1 is 1.59 bits per heavy atom. The van der Waals surface area contributed by atoms with E-state index in [0.29, 0.717) is 10.7 Å². The lowest BCUT2D eigenvalue weighted by molar-refractivity contribution is 0.0381. The first-order chi connectivity index (χ1) is 8.24. The maximum absolute atomic E-state index is 9.15. The van der Waals surface area contributed by atoms with Crippen LogP contribution in [0.2, 0.25) is 5.02 Å². The van der Waals surface area contributed by atoms with Crippen molar-refractivity contribution >= 4 is 17.4 Å². The molecule has 1 aromatic rings. The smallest absolute Gasteiger partial charge is 0.129 e. The molecule has 0 spiro atoms. The Bertz CT molecular complexity index is 387. The molecule has 1 aliphatic heterocycles. The van der Waals surface area contributed by atoms with Crippen molar-refractivity contribution in [3.05, 3.63) is 22.8 Å². The number of anilines is 1. The number of aliphatic hydroxyl groups is 1. The van der Waals surface area contributed by atoms with E-state index in [2.05, 4.69) is 16.8 Å². The Morgan fingerprint density at radius 2 is 2.41 bits per heavy atom. The van der Waals surface area contributed by atoms with Gasteiger partial charge in [0.05, 0.1) is 30.0 Å². The number of ether oxygens (including phenoxy) is 1. The first kappa shape index (κ1) is 12.6. The summed E-state index contributed by atoms with van der Waals surface area (Å²) in [5.41, 5.74) is 0.531. The summed E-state index contributed by atoms with van der Waals surface area (Å²) < 4.78 is 5.61. The van der Waals surface area contributed by atoms with Crippen LogP contribution in [-0.4, -0.2) is 35.9 Å². The lowest BCUT2D eigenvalue weighted by Crippen LogP contribution is -2.42. The van der Waals surface area contributed by atoms with Crippen molar-refractivity contribution in [1.82, 2.24) is 4.98 Å². The van der Waals surface area contributed by atoms with Gasteiger partial charge in [0.15, 0.2) is 0 Å². The van der Waals surface area contributed by atoms with Crippen molar-refractivity contribution < 1.29 is 9.84 Å². The fraction of sp³-hybridized carbons (Fsp3) is 0.583. The van der Waals surface area contributed by atoms with Crippen LogP contribution < -0.4 is 4.90 Å². The summed E-state index contributed by atoms with van der Waals surface area (Å²) in [6.45, 7) is 4.38. The predicted molar refractivity (Wildman–Crippen MR) is 67.4 cm³/mol. The first-order valence-electron chi connectivity index (χ1n) is 5.87. The van der Waals surface area contributed by atoms with Crippen molar-refractivity contribution in [2.45, 2.75) is 26.1 Å². The molecule has 0 saturated carbocycles. The minimum absolute atomic E-state index is 0.131. The number of hydrogen-bond acceptors (Lipinski definition) is 4. The van der Waals surface area contributed by atoms with E-state index in [0.717, 1.165) is 31.9 Å². The van der Waals surface area contributed by atoms with Crippen LogP contribution in [0.5, 0.6) is 0 Å². The van der Waals surface area contributed by atoms with Crippen molar-refractivity contribution in [3.63, 3.8) is 0 Å². The maximum atomic E-state index is 9.15. The van der Waals surface area contributed by atoms with Crippen LogP contribution in [0.1, 0.15) is 19.0 Å². The Hall–Kier alpha value is -0.840. The molecule has 5 heteroatoms. The summed E-state index contributed by atoms with van der Waals surface area (Å²) in [6.07, 6.45) is 1.26. The molecule has 1 N–H and O–H groups in total. The maximum Gasteiger partial charge on any atom is 0.129 e. The SMILES string of the molecule is CCC1CN(c2ccc(Cl)c(CO)n2)CCO1. The van der Waals surface area contributed by atoms with Gasteiger partial charge in [0, 0.05) is 13.1 Å². The van der Waals surface area contributed by atoms with E-state index in [4.69, 9.17) is 21.4 Å². The molecule has 2 rings (SSSR count). The topological polar surface area (TPSA) is 45.6 Å². The number of hydrogen-bond donors (Lipinski definition) is 1. The van der Waals surface area contributed by atoms with Crippen LogP contribution in [0.4, 0.5) is 5.82 Å². The predicted octanol–water partition coefficient (Wildman–Crippen LogP) is 1.84. The standard InChI is InChI=1S/C12H17ClN2O2/c1-2-9-7-15(5-6-17-9)12-4-3-10(13)11(8-16)14-12/h3-4,9,16H,2,5-8H2,1H3. The second-order valence-electron chi connectivity index (χ2n) is 4.10. The molecule has 1 fully saturated rings. The number of halogens is 1. The Balaban J connectivity index is 2.16. The number of nitrogens with zero attached hydrogens (tertiary/aromatic N) is 2. The van der Waals surface area contributed by atoms with E-state index in [1.54, 1.807) is 6.07 Å². The molecule has 1 aromatic heterocycles. The third kappa shape index (κ3) is 2.89. The van der Waals surface area contributed by atoms with Crippen molar-refractivity contribution in [3.8, 4) is 0 Å². The number of aromatic nitrogens is 1. The Morgan fingerprint density at radius 3 is 3.12 bits per heavy atom. The highest BCUT2D eigenvalue weighted by atomic mass is 35.5. The average Bonchev–Trinajstić information content (AvgIpc) is 2.39. The van der Waals surface area contributed by atoms with E-state index in [9.17, 15) is 0 Å². The van der Waals surface area contributed by atoms with Crippen LogP contribution in [0, 0.1) is 0 Å². The molecule has 0 aromatic carbocycles. The third-order valence-corrected chi connectivity index (χ3v) is 3.32. The fourth-order valence-corrected chi connectivity index (χ4v) is 2.10. The van der Waals surface area contributed by atoms with Gasteiger partial charge in [-0.05, 0) is 18.6 Å². The quantitative estimate of drug-likeness (QED) is 0.897. The molecule has 17 heavy (non-hydrogen) atoms. The summed E-state index contributed by atoms with van der Waals surface area (Å²) in [7, 11) is 0. The molecular formula is C12H17ClN2O2. The van der Waals surface area contributed by atoms with Gasteiger partial charge < -0.3 is 14.7 Å². The largest absolute Gasteiger partial charge is 0.390 e. The van der Waals surface area contributed by atoms with Crippen LogP contribution >= 0.6 is 11.6 Å². The average molecular weight is 257 g/mol. The summed E-state index contributed by atoms with van der Waals surface area (Å²) in [5, 5.41) is 9.66. The Kier molecular flexibility index (Phi) is 4.20. The highest BCUT2D eigenvalue weighted by Crippen LogP contribution is 2.21. The molecule has 0 bridgehead atoms. The molecule has 2 heterocycles. The van der Waals surface area contributed by atoms with Gasteiger partial charge >= 0.3 is 0 Å². The molecule has 1 aliphatic rings. The van der Waals surface area contributed by atoms with Crippen molar-refractivity contribution in [2.24, 2.45) is 0 Å². The van der Waals surface area contributed by atoms with Gasteiger partial charge in [0.25, 0.3) is 0 Å². The van der Waals surface area contributed by atoms with Gasteiger partial charge in [-0.3, -0.25) is 0 Å². The van der Waals surface area contributed by atoms with E-state index >= 15 is 0 Å². The lowest BCUT2D eigenvalue weighted by Gasteiger charge is -2.33. The highest BCUT2D eigenvalue weighted by molar-refractivity contribution is 6.31. The zero-order valence-corrected chi connectivity index (χ0v) is 10.7. The molecule has 94 valence electrons. The van der Waals surface area contributed by atoms with E-state index < -0.39 is 0 Å². The Labute approximate surface area is 106 Å². The molecule has 0 aliphatic carbocycles. The number of rotatable bonds is 3. The van der Waals surface area contributed by atoms with Crippen molar-refractivity contribution in [2.75, 3.05) is 24.6 Å². The summed E-state index contributed by atoms with van der Waals surface area (Å²) in [5.74, 6) is 0.861. The van der Waals surface area contributed by atoms with Crippen LogP contribution in [0.3, 0.4) is 0 Å². The van der Waals surface area contributed by atoms with Crippen molar-refractivity contribution in [1.29, 1.82) is 0 Å². The van der Waals surface area contributed by atoms with Crippen LogP contribution in [-0.2, 0) is 11.3 Å². The normalized spacial score (nSPS) is 20.6. The zero-order valence-electron chi connectivity index (χ0n) is 9.90. The van der Waals surface area contributed by atoms with E-state index in [1.165, 1.54) is 0 Å². The molecule has 0 amide bonds. The van der Waals surface area contributed by atoms with Gasteiger partial charge in [-0.2, -0.15) is 0 Å². The third-order valence-electron chi connectivity index (χ3n) is 2.97. The number of pyridine rings is 1. The van der Waals surface area contributed by atoms with Gasteiger partial charge in [0.1, 0.15) is 5.82 Å². The molecule has 1 unspecified atom stereocenters. The van der Waals surface area contributed by atoms with E-state index in [1.807, 2.05) is 6.07 Å².